The lowest BCUT2D eigenvalue weighted by atomic mass is 10.2. The molecule has 0 radical (unpaired) electrons. The van der Waals surface area contributed by atoms with Crippen molar-refractivity contribution in [1.29, 1.82) is 0 Å². The number of rotatable bonds is 5. The molecule has 0 saturated heterocycles. The van der Waals surface area contributed by atoms with Crippen molar-refractivity contribution in [1.82, 2.24) is 0 Å². The summed E-state index contributed by atoms with van der Waals surface area (Å²) in [4.78, 5) is 3.92. The number of hydrogen-bond acceptors (Lipinski definition) is 4. The maximum Gasteiger partial charge on any atom is 0.161 e. The zero-order valence-electron chi connectivity index (χ0n) is 9.13. The molecule has 0 spiro atoms. The second kappa shape index (κ2) is 6.63. The minimum atomic E-state index is 0.0529. The predicted molar refractivity (Wildman–Crippen MR) is 64.1 cm³/mol. The minimum absolute atomic E-state index is 0.0529. The van der Waals surface area contributed by atoms with Crippen LogP contribution in [0.25, 0.3) is 6.08 Å². The first-order chi connectivity index (χ1) is 7.77. The van der Waals surface area contributed by atoms with Gasteiger partial charge in [-0.25, -0.2) is 0 Å². The molecule has 0 aliphatic heterocycles. The van der Waals surface area contributed by atoms with Gasteiger partial charge in [-0.3, -0.25) is 4.99 Å². The third-order valence-corrected chi connectivity index (χ3v) is 1.91. The quantitative estimate of drug-likeness (QED) is 0.740. The molecule has 1 rings (SSSR count). The highest BCUT2D eigenvalue weighted by Crippen LogP contribution is 2.26. The average molecular weight is 221 g/mol. The molecular formula is C12H15NO3. The van der Waals surface area contributed by atoms with Crippen molar-refractivity contribution in [2.75, 3.05) is 20.3 Å². The van der Waals surface area contributed by atoms with Gasteiger partial charge in [-0.05, 0) is 23.8 Å². The summed E-state index contributed by atoms with van der Waals surface area (Å²) in [6.07, 6.45) is 5.22. The van der Waals surface area contributed by atoms with Crippen LogP contribution >= 0.6 is 0 Å². The molecule has 0 aromatic heterocycles. The predicted octanol–water partition coefficient (Wildman–Crippen LogP) is 1.48. The Balaban J connectivity index is 2.67. The Morgan fingerprint density at radius 1 is 1.44 bits per heavy atom. The first-order valence-electron chi connectivity index (χ1n) is 4.92. The molecule has 16 heavy (non-hydrogen) atoms. The number of aliphatic imine (C=N–C) groups is 1. The summed E-state index contributed by atoms with van der Waals surface area (Å²) in [6, 6.07) is 5.07. The first kappa shape index (κ1) is 12.3. The van der Waals surface area contributed by atoms with E-state index in [4.69, 9.17) is 9.84 Å². The van der Waals surface area contributed by atoms with Crippen molar-refractivity contribution in [3.63, 3.8) is 0 Å². The van der Waals surface area contributed by atoms with Crippen LogP contribution < -0.4 is 4.74 Å². The number of methoxy groups -OCH3 is 1. The second-order valence-electron chi connectivity index (χ2n) is 3.07. The Morgan fingerprint density at radius 2 is 2.25 bits per heavy atom. The molecule has 0 aliphatic rings. The Hall–Kier alpha value is -1.81. The third kappa shape index (κ3) is 3.74. The number of phenolic OH excluding ortho intramolecular Hbond substituents is 1. The number of benzene rings is 1. The maximum atomic E-state index is 9.37. The number of phenols is 1. The van der Waals surface area contributed by atoms with Crippen LogP contribution in [0.4, 0.5) is 0 Å². The van der Waals surface area contributed by atoms with Crippen LogP contribution in [0, 0.1) is 0 Å². The van der Waals surface area contributed by atoms with Gasteiger partial charge < -0.3 is 14.9 Å². The highest BCUT2D eigenvalue weighted by molar-refractivity contribution is 5.78. The SMILES string of the molecule is COc1cc(/C=C\C=NCCO)ccc1O. The summed E-state index contributed by atoms with van der Waals surface area (Å²) in [5, 5.41) is 17.9. The zero-order chi connectivity index (χ0) is 11.8. The van der Waals surface area contributed by atoms with E-state index in [1.807, 2.05) is 6.08 Å². The number of hydrogen-bond donors (Lipinski definition) is 2. The normalized spacial score (nSPS) is 11.4. The van der Waals surface area contributed by atoms with E-state index in [-0.39, 0.29) is 12.4 Å². The fourth-order valence-corrected chi connectivity index (χ4v) is 1.15. The molecule has 0 unspecified atom stereocenters. The Kier molecular flexibility index (Phi) is 5.08. The highest BCUT2D eigenvalue weighted by atomic mass is 16.5. The average Bonchev–Trinajstić information content (AvgIpc) is 2.31. The lowest BCUT2D eigenvalue weighted by Crippen LogP contribution is -1.86. The van der Waals surface area contributed by atoms with Crippen LogP contribution in [0.15, 0.2) is 29.3 Å². The molecule has 0 amide bonds. The molecule has 0 bridgehead atoms. The van der Waals surface area contributed by atoms with Gasteiger partial charge in [0.2, 0.25) is 0 Å². The molecule has 0 fully saturated rings. The summed E-state index contributed by atoms with van der Waals surface area (Å²) in [6.45, 7) is 0.459. The fraction of sp³-hybridized carbons (Fsp3) is 0.250. The van der Waals surface area contributed by atoms with Crippen molar-refractivity contribution in [3.8, 4) is 11.5 Å². The number of aromatic hydroxyl groups is 1. The van der Waals surface area contributed by atoms with E-state index in [1.165, 1.54) is 7.11 Å². The number of aliphatic hydroxyl groups excluding tert-OH is 1. The van der Waals surface area contributed by atoms with Crippen LogP contribution in [-0.4, -0.2) is 36.7 Å². The molecule has 2 N–H and O–H groups in total. The smallest absolute Gasteiger partial charge is 0.161 e. The van der Waals surface area contributed by atoms with Crippen molar-refractivity contribution in [2.45, 2.75) is 0 Å². The number of aliphatic hydroxyl groups is 1. The van der Waals surface area contributed by atoms with E-state index in [2.05, 4.69) is 4.99 Å². The van der Waals surface area contributed by atoms with Crippen molar-refractivity contribution >= 4 is 12.3 Å². The monoisotopic (exact) mass is 221 g/mol. The van der Waals surface area contributed by atoms with Crippen LogP contribution in [0.1, 0.15) is 5.56 Å². The van der Waals surface area contributed by atoms with Gasteiger partial charge in [-0.1, -0.05) is 12.1 Å². The minimum Gasteiger partial charge on any atom is -0.504 e. The van der Waals surface area contributed by atoms with Gasteiger partial charge >= 0.3 is 0 Å². The highest BCUT2D eigenvalue weighted by Gasteiger charge is 1.99. The van der Waals surface area contributed by atoms with Crippen molar-refractivity contribution < 1.29 is 14.9 Å². The van der Waals surface area contributed by atoms with E-state index in [9.17, 15) is 5.11 Å². The van der Waals surface area contributed by atoms with Gasteiger partial charge in [0.1, 0.15) is 0 Å². The van der Waals surface area contributed by atoms with Crippen LogP contribution in [0.5, 0.6) is 11.5 Å². The fourth-order valence-electron chi connectivity index (χ4n) is 1.15. The van der Waals surface area contributed by atoms with E-state index >= 15 is 0 Å². The van der Waals surface area contributed by atoms with Crippen molar-refractivity contribution in [2.24, 2.45) is 4.99 Å². The molecule has 1 aromatic carbocycles. The van der Waals surface area contributed by atoms with Crippen molar-refractivity contribution in [3.05, 3.63) is 29.8 Å². The first-order valence-corrected chi connectivity index (χ1v) is 4.92. The Labute approximate surface area is 94.5 Å². The zero-order valence-corrected chi connectivity index (χ0v) is 9.13. The Morgan fingerprint density at radius 3 is 2.94 bits per heavy atom. The Bertz CT molecular complexity index is 386. The van der Waals surface area contributed by atoms with E-state index in [1.54, 1.807) is 30.5 Å². The molecule has 4 heteroatoms. The van der Waals surface area contributed by atoms with E-state index in [0.29, 0.717) is 12.3 Å². The molecule has 0 atom stereocenters. The van der Waals surface area contributed by atoms with Gasteiger partial charge in [-0.15, -0.1) is 0 Å². The van der Waals surface area contributed by atoms with E-state index in [0.717, 1.165) is 5.56 Å². The molecule has 0 saturated carbocycles. The van der Waals surface area contributed by atoms with Gasteiger partial charge in [-0.2, -0.15) is 0 Å². The number of nitrogens with zero attached hydrogens (tertiary/aromatic N) is 1. The van der Waals surface area contributed by atoms with Gasteiger partial charge in [0.15, 0.2) is 11.5 Å². The topological polar surface area (TPSA) is 62.0 Å². The molecule has 0 aliphatic carbocycles. The maximum absolute atomic E-state index is 9.37. The summed E-state index contributed by atoms with van der Waals surface area (Å²) in [7, 11) is 1.51. The van der Waals surface area contributed by atoms with E-state index < -0.39 is 0 Å². The molecule has 86 valence electrons. The number of allylic oxidation sites excluding steroid dienone is 1. The van der Waals surface area contributed by atoms with Crippen LogP contribution in [-0.2, 0) is 0 Å². The van der Waals surface area contributed by atoms with Crippen LogP contribution in [0.2, 0.25) is 0 Å². The summed E-state index contributed by atoms with van der Waals surface area (Å²) >= 11 is 0. The van der Waals surface area contributed by atoms with Gasteiger partial charge in [0.25, 0.3) is 0 Å². The summed E-state index contributed by atoms with van der Waals surface area (Å²) in [5.74, 6) is 0.558. The largest absolute Gasteiger partial charge is 0.504 e. The van der Waals surface area contributed by atoms with Crippen LogP contribution in [0.3, 0.4) is 0 Å². The molecule has 1 aromatic rings. The molecule has 0 heterocycles. The summed E-state index contributed by atoms with van der Waals surface area (Å²) < 4.78 is 4.98. The second-order valence-corrected chi connectivity index (χ2v) is 3.07. The third-order valence-electron chi connectivity index (χ3n) is 1.91. The lowest BCUT2D eigenvalue weighted by Gasteiger charge is -2.03. The summed E-state index contributed by atoms with van der Waals surface area (Å²) in [5.41, 5.74) is 0.907. The number of ether oxygens (including phenoxy) is 1. The molecule has 4 nitrogen and oxygen atoms in total. The standard InChI is InChI=1S/C12H15NO3/c1-16-12-9-10(4-5-11(12)15)3-2-6-13-7-8-14/h2-6,9,14-15H,7-8H2,1H3/b3-2-,13-6?. The van der Waals surface area contributed by atoms with Gasteiger partial charge in [0, 0.05) is 6.21 Å². The lowest BCUT2D eigenvalue weighted by molar-refractivity contribution is 0.307. The van der Waals surface area contributed by atoms with Gasteiger partial charge in [0.05, 0.1) is 20.3 Å². The molecular weight excluding hydrogens is 206 g/mol.